The number of halogens is 1. The molecule has 0 fully saturated rings. The van der Waals surface area contributed by atoms with E-state index in [-0.39, 0.29) is 0 Å². The number of nitrogens with zero attached hydrogens (tertiary/aromatic N) is 2. The Morgan fingerprint density at radius 1 is 1.24 bits per heavy atom. The Morgan fingerprint density at radius 2 is 2.00 bits per heavy atom. The Morgan fingerprint density at radius 3 is 2.71 bits per heavy atom. The Kier molecular flexibility index (Phi) is 5.22. The van der Waals surface area contributed by atoms with E-state index in [4.69, 9.17) is 16.3 Å². The second kappa shape index (κ2) is 7.13. The van der Waals surface area contributed by atoms with E-state index in [0.29, 0.717) is 22.4 Å². The summed E-state index contributed by atoms with van der Waals surface area (Å²) in [5, 5.41) is 7.05. The molecule has 1 aromatic carbocycles. The summed E-state index contributed by atoms with van der Waals surface area (Å²) in [6.45, 7) is 4.91. The van der Waals surface area contributed by atoms with Crippen molar-refractivity contribution in [1.29, 1.82) is 0 Å². The highest BCUT2D eigenvalue weighted by Gasteiger charge is 2.13. The minimum atomic E-state index is 0.573. The minimum absolute atomic E-state index is 0.573. The molecule has 0 aliphatic rings. The molecular formula is C15H19ClN4O. The van der Waals surface area contributed by atoms with Crippen LogP contribution in [0.25, 0.3) is 0 Å². The van der Waals surface area contributed by atoms with Crippen molar-refractivity contribution in [2.24, 2.45) is 0 Å². The number of rotatable bonds is 6. The summed E-state index contributed by atoms with van der Waals surface area (Å²) in [5.41, 5.74) is 1.90. The Balaban J connectivity index is 2.33. The molecule has 0 saturated carbocycles. The van der Waals surface area contributed by atoms with Gasteiger partial charge in [-0.2, -0.15) is 0 Å². The lowest BCUT2D eigenvalue weighted by Crippen LogP contribution is -2.07. The predicted molar refractivity (Wildman–Crippen MR) is 86.8 cm³/mol. The number of nitrogens with one attached hydrogen (secondary N) is 2. The van der Waals surface area contributed by atoms with Crippen LogP contribution in [0.3, 0.4) is 0 Å². The lowest BCUT2D eigenvalue weighted by Gasteiger charge is -2.15. The Bertz CT molecular complexity index is 619. The molecule has 0 atom stereocenters. The van der Waals surface area contributed by atoms with Crippen LogP contribution < -0.4 is 15.4 Å². The summed E-state index contributed by atoms with van der Waals surface area (Å²) < 4.78 is 5.42. The van der Waals surface area contributed by atoms with Crippen LogP contribution in [-0.2, 0) is 0 Å². The van der Waals surface area contributed by atoms with Crippen LogP contribution in [0.5, 0.6) is 5.75 Å². The van der Waals surface area contributed by atoms with Crippen molar-refractivity contribution in [3.8, 4) is 5.75 Å². The van der Waals surface area contributed by atoms with Crippen molar-refractivity contribution in [2.75, 3.05) is 24.3 Å². The highest BCUT2D eigenvalue weighted by Crippen LogP contribution is 2.33. The lowest BCUT2D eigenvalue weighted by atomic mass is 10.2. The number of ether oxygens (including phenoxy) is 1. The topological polar surface area (TPSA) is 59.1 Å². The van der Waals surface area contributed by atoms with Gasteiger partial charge >= 0.3 is 0 Å². The molecule has 0 aliphatic carbocycles. The second-order valence-electron chi connectivity index (χ2n) is 4.64. The third kappa shape index (κ3) is 3.76. The smallest absolute Gasteiger partial charge is 0.204 e. The van der Waals surface area contributed by atoms with Crippen LogP contribution in [0.2, 0.25) is 5.02 Å². The first-order valence-corrected chi connectivity index (χ1v) is 7.19. The van der Waals surface area contributed by atoms with Gasteiger partial charge in [-0.25, -0.2) is 9.97 Å². The number of methoxy groups -OCH3 is 1. The molecule has 21 heavy (non-hydrogen) atoms. The van der Waals surface area contributed by atoms with Gasteiger partial charge in [-0.05, 0) is 31.0 Å². The average molecular weight is 307 g/mol. The average Bonchev–Trinajstić information content (AvgIpc) is 2.49. The first-order valence-electron chi connectivity index (χ1n) is 6.81. The van der Waals surface area contributed by atoms with Gasteiger partial charge in [0.25, 0.3) is 0 Å². The van der Waals surface area contributed by atoms with Gasteiger partial charge in [0.1, 0.15) is 6.33 Å². The standard InChI is InChI=1S/C15H19ClN4O/c1-4-7-17-14-13(21-3)15(19-9-18-14)20-12-8-10(2)5-6-11(12)16/h5-6,8-9H,4,7H2,1-3H3,(H2,17,18,19,20). The van der Waals surface area contributed by atoms with E-state index < -0.39 is 0 Å². The number of hydrogen-bond acceptors (Lipinski definition) is 5. The number of aryl methyl sites for hydroxylation is 1. The van der Waals surface area contributed by atoms with E-state index in [1.807, 2.05) is 25.1 Å². The summed E-state index contributed by atoms with van der Waals surface area (Å²) in [4.78, 5) is 8.45. The first kappa shape index (κ1) is 15.4. The van der Waals surface area contributed by atoms with E-state index in [1.54, 1.807) is 7.11 Å². The summed E-state index contributed by atoms with van der Waals surface area (Å²) >= 11 is 6.20. The lowest BCUT2D eigenvalue weighted by molar-refractivity contribution is 0.415. The van der Waals surface area contributed by atoms with Crippen LogP contribution in [0.1, 0.15) is 18.9 Å². The molecule has 0 radical (unpaired) electrons. The molecule has 2 N–H and O–H groups in total. The van der Waals surface area contributed by atoms with Crippen molar-refractivity contribution in [3.63, 3.8) is 0 Å². The van der Waals surface area contributed by atoms with Crippen LogP contribution in [0.15, 0.2) is 24.5 Å². The quantitative estimate of drug-likeness (QED) is 0.844. The van der Waals surface area contributed by atoms with Crippen LogP contribution >= 0.6 is 11.6 Å². The van der Waals surface area contributed by atoms with Crippen LogP contribution in [-0.4, -0.2) is 23.6 Å². The van der Waals surface area contributed by atoms with Crippen molar-refractivity contribution >= 4 is 28.9 Å². The third-order valence-corrected chi connectivity index (χ3v) is 3.25. The number of aromatic nitrogens is 2. The molecule has 0 saturated heterocycles. The Labute approximate surface area is 129 Å². The molecule has 0 unspecified atom stereocenters. The van der Waals surface area contributed by atoms with Gasteiger partial charge in [-0.3, -0.25) is 0 Å². The van der Waals surface area contributed by atoms with Gasteiger partial charge in [0.2, 0.25) is 5.75 Å². The highest BCUT2D eigenvalue weighted by molar-refractivity contribution is 6.33. The maximum atomic E-state index is 6.20. The van der Waals surface area contributed by atoms with Gasteiger partial charge in [-0.1, -0.05) is 24.6 Å². The first-order chi connectivity index (χ1) is 10.2. The zero-order valence-corrected chi connectivity index (χ0v) is 13.2. The molecular weight excluding hydrogens is 288 g/mol. The molecule has 0 spiro atoms. The molecule has 1 heterocycles. The number of hydrogen-bond donors (Lipinski definition) is 2. The van der Waals surface area contributed by atoms with Crippen molar-refractivity contribution in [2.45, 2.75) is 20.3 Å². The molecule has 6 heteroatoms. The van der Waals surface area contributed by atoms with Gasteiger partial charge in [0, 0.05) is 6.54 Å². The maximum Gasteiger partial charge on any atom is 0.204 e. The van der Waals surface area contributed by atoms with Crippen LogP contribution in [0, 0.1) is 6.92 Å². The predicted octanol–water partition coefficient (Wildman–Crippen LogP) is 4.01. The van der Waals surface area contributed by atoms with E-state index in [0.717, 1.165) is 24.2 Å². The van der Waals surface area contributed by atoms with Gasteiger partial charge in [0.15, 0.2) is 11.6 Å². The van der Waals surface area contributed by atoms with Gasteiger partial charge < -0.3 is 15.4 Å². The fourth-order valence-electron chi connectivity index (χ4n) is 1.89. The largest absolute Gasteiger partial charge is 0.490 e. The normalized spacial score (nSPS) is 10.3. The van der Waals surface area contributed by atoms with Crippen molar-refractivity contribution in [3.05, 3.63) is 35.1 Å². The van der Waals surface area contributed by atoms with E-state index in [9.17, 15) is 0 Å². The summed E-state index contributed by atoms with van der Waals surface area (Å²) in [7, 11) is 1.60. The SMILES string of the molecule is CCCNc1ncnc(Nc2cc(C)ccc2Cl)c1OC. The van der Waals surface area contributed by atoms with Gasteiger partial charge in [-0.15, -0.1) is 0 Å². The van der Waals surface area contributed by atoms with Crippen molar-refractivity contribution in [1.82, 2.24) is 9.97 Å². The molecule has 1 aromatic heterocycles. The zero-order valence-electron chi connectivity index (χ0n) is 12.4. The van der Waals surface area contributed by atoms with Crippen molar-refractivity contribution < 1.29 is 4.74 Å². The number of benzene rings is 1. The second-order valence-corrected chi connectivity index (χ2v) is 5.05. The fraction of sp³-hybridized carbons (Fsp3) is 0.333. The third-order valence-electron chi connectivity index (χ3n) is 2.93. The van der Waals surface area contributed by atoms with Crippen LogP contribution in [0.4, 0.5) is 17.3 Å². The summed E-state index contributed by atoms with van der Waals surface area (Å²) in [5.74, 6) is 1.82. The summed E-state index contributed by atoms with van der Waals surface area (Å²) in [6, 6.07) is 5.77. The fourth-order valence-corrected chi connectivity index (χ4v) is 2.05. The summed E-state index contributed by atoms with van der Waals surface area (Å²) in [6.07, 6.45) is 2.49. The number of anilines is 3. The molecule has 0 bridgehead atoms. The molecule has 5 nitrogen and oxygen atoms in total. The molecule has 2 rings (SSSR count). The molecule has 0 amide bonds. The highest BCUT2D eigenvalue weighted by atomic mass is 35.5. The van der Waals surface area contributed by atoms with E-state index >= 15 is 0 Å². The molecule has 2 aromatic rings. The Hall–Kier alpha value is -2.01. The molecule has 112 valence electrons. The van der Waals surface area contributed by atoms with E-state index in [1.165, 1.54) is 6.33 Å². The van der Waals surface area contributed by atoms with E-state index in [2.05, 4.69) is 27.5 Å². The minimum Gasteiger partial charge on any atom is -0.490 e. The monoisotopic (exact) mass is 306 g/mol. The zero-order chi connectivity index (χ0) is 15.2. The maximum absolute atomic E-state index is 6.20. The molecule has 0 aliphatic heterocycles. The van der Waals surface area contributed by atoms with Gasteiger partial charge in [0.05, 0.1) is 17.8 Å².